The molecule has 7 rings (SSSR count). The molecule has 40 heavy (non-hydrogen) atoms. The Bertz CT molecular complexity index is 1730. The molecule has 3 aliphatic rings. The molecule has 3 aromatic heterocycles. The van der Waals surface area contributed by atoms with Gasteiger partial charge in [0.15, 0.2) is 11.6 Å². The number of fused-ring (bicyclic) bond motifs is 1. The van der Waals surface area contributed by atoms with Crippen molar-refractivity contribution in [3.8, 4) is 0 Å². The second-order valence-corrected chi connectivity index (χ2v) is 10.8. The molecule has 0 spiro atoms. The molecule has 0 atom stereocenters. The number of benzene rings is 1. The van der Waals surface area contributed by atoms with Crippen LogP contribution < -0.4 is 10.6 Å². The Labute approximate surface area is 229 Å². The average Bonchev–Trinajstić information content (AvgIpc) is 3.58. The highest BCUT2D eigenvalue weighted by Crippen LogP contribution is 2.40. The Morgan fingerprint density at radius 2 is 1.93 bits per heavy atom. The van der Waals surface area contributed by atoms with Gasteiger partial charge in [-0.2, -0.15) is 0 Å². The molecule has 9 nitrogen and oxygen atoms in total. The van der Waals surface area contributed by atoms with Gasteiger partial charge in [-0.25, -0.2) is 14.2 Å². The normalized spacial score (nSPS) is 18.3. The van der Waals surface area contributed by atoms with Gasteiger partial charge in [-0.1, -0.05) is 6.07 Å². The summed E-state index contributed by atoms with van der Waals surface area (Å²) in [6, 6.07) is 8.26. The number of imidazole rings is 1. The number of pyridine rings is 1. The number of allylic oxidation sites excluding steroid dienone is 2. The first-order valence-corrected chi connectivity index (χ1v) is 13.8. The lowest BCUT2D eigenvalue weighted by Crippen LogP contribution is -2.43. The second kappa shape index (κ2) is 9.71. The van der Waals surface area contributed by atoms with E-state index < -0.39 is 5.82 Å². The molecule has 0 radical (unpaired) electrons. The van der Waals surface area contributed by atoms with Gasteiger partial charge in [0.1, 0.15) is 11.5 Å². The fourth-order valence-electron chi connectivity index (χ4n) is 6.38. The largest absolute Gasteiger partial charge is 0.345 e. The van der Waals surface area contributed by atoms with E-state index in [1.165, 1.54) is 12.1 Å². The average molecular weight is 541 g/mol. The number of Topliss-reactive ketones (excluding diaryl/α,β-unsaturated/α-hetero) is 2. The molecule has 1 fully saturated rings. The molecule has 2 aliphatic heterocycles. The number of ketones is 2. The van der Waals surface area contributed by atoms with Crippen LogP contribution in [0.4, 0.5) is 9.18 Å². The summed E-state index contributed by atoms with van der Waals surface area (Å²) in [4.78, 5) is 45.7. The quantitative estimate of drug-likeness (QED) is 0.387. The third kappa shape index (κ3) is 4.10. The predicted octanol–water partition coefficient (Wildman–Crippen LogP) is 3.41. The standard InChI is InChI=1S/C30H29FN6O3/c31-20-11-19-16-36(30(40)34-14-18-4-6-32-7-5-18)10-9-35-17-22(21(12-20)29(19)35)27-24(38)13-25(39)28(27)23-15-33-26-3-1-2-8-37(23)26/h1-3,8,11-12,15,17-18,32H,4-7,9-10,13-14,16H2,(H,34,40). The highest BCUT2D eigenvalue weighted by molar-refractivity contribution is 6.51. The fraction of sp³-hybridized carbons (Fsp3) is 0.333. The zero-order valence-corrected chi connectivity index (χ0v) is 22.0. The number of amides is 2. The van der Waals surface area contributed by atoms with Crippen molar-refractivity contribution < 1.29 is 18.8 Å². The first kappa shape index (κ1) is 24.7. The number of rotatable bonds is 4. The second-order valence-electron chi connectivity index (χ2n) is 10.8. The molecule has 2 N–H and O–H groups in total. The maximum absolute atomic E-state index is 15.1. The van der Waals surface area contributed by atoms with Gasteiger partial charge in [0, 0.05) is 55.1 Å². The summed E-state index contributed by atoms with van der Waals surface area (Å²) in [5, 5.41) is 6.98. The summed E-state index contributed by atoms with van der Waals surface area (Å²) < 4.78 is 18.8. The molecule has 1 aromatic carbocycles. The van der Waals surface area contributed by atoms with E-state index in [2.05, 4.69) is 15.6 Å². The fourth-order valence-corrected chi connectivity index (χ4v) is 6.38. The number of carbonyl (C=O) groups is 3. The van der Waals surface area contributed by atoms with E-state index in [9.17, 15) is 14.4 Å². The zero-order chi connectivity index (χ0) is 27.4. The number of hydrogen-bond donors (Lipinski definition) is 2. The number of nitrogens with zero attached hydrogens (tertiary/aromatic N) is 4. The van der Waals surface area contributed by atoms with Crippen molar-refractivity contribution in [2.24, 2.45) is 5.92 Å². The van der Waals surface area contributed by atoms with Crippen LogP contribution in [0, 0.1) is 11.7 Å². The molecule has 5 heterocycles. The maximum atomic E-state index is 15.1. The maximum Gasteiger partial charge on any atom is 0.317 e. The van der Waals surface area contributed by atoms with E-state index in [-0.39, 0.29) is 30.6 Å². The Hall–Kier alpha value is -4.31. The summed E-state index contributed by atoms with van der Waals surface area (Å²) in [7, 11) is 0. The molecule has 1 aliphatic carbocycles. The third-order valence-electron chi connectivity index (χ3n) is 8.35. The highest BCUT2D eigenvalue weighted by atomic mass is 19.1. The first-order valence-electron chi connectivity index (χ1n) is 13.8. The van der Waals surface area contributed by atoms with Crippen LogP contribution in [0.3, 0.4) is 0 Å². The lowest BCUT2D eigenvalue weighted by atomic mass is 9.97. The van der Waals surface area contributed by atoms with Crippen LogP contribution in [0.1, 0.15) is 36.1 Å². The Morgan fingerprint density at radius 3 is 2.77 bits per heavy atom. The van der Waals surface area contributed by atoms with Crippen molar-refractivity contribution in [3.63, 3.8) is 0 Å². The number of halogens is 1. The smallest absolute Gasteiger partial charge is 0.317 e. The molecular formula is C30H29FN6O3. The number of nitrogens with one attached hydrogen (secondary N) is 2. The Morgan fingerprint density at radius 1 is 1.10 bits per heavy atom. The van der Waals surface area contributed by atoms with Gasteiger partial charge < -0.3 is 20.1 Å². The molecule has 204 valence electrons. The van der Waals surface area contributed by atoms with E-state index in [4.69, 9.17) is 0 Å². The third-order valence-corrected chi connectivity index (χ3v) is 8.35. The number of piperidine rings is 1. The van der Waals surface area contributed by atoms with Gasteiger partial charge in [0.2, 0.25) is 0 Å². The molecule has 4 aromatic rings. The molecule has 0 bridgehead atoms. The number of hydrogen-bond acceptors (Lipinski definition) is 5. The van der Waals surface area contributed by atoms with Crippen LogP contribution in [0.5, 0.6) is 0 Å². The minimum atomic E-state index is -0.452. The van der Waals surface area contributed by atoms with Crippen molar-refractivity contribution >= 4 is 45.3 Å². The molecule has 10 heteroatoms. The van der Waals surface area contributed by atoms with Gasteiger partial charge in [-0.05, 0) is 61.7 Å². The van der Waals surface area contributed by atoms with Crippen molar-refractivity contribution in [3.05, 3.63) is 71.6 Å². The molecule has 1 saturated heterocycles. The summed E-state index contributed by atoms with van der Waals surface area (Å²) in [6.45, 7) is 3.73. The lowest BCUT2D eigenvalue weighted by Gasteiger charge is -2.26. The van der Waals surface area contributed by atoms with Crippen LogP contribution in [-0.4, -0.2) is 62.6 Å². The minimum absolute atomic E-state index is 0.156. The van der Waals surface area contributed by atoms with E-state index in [1.807, 2.05) is 35.2 Å². The predicted molar refractivity (Wildman–Crippen MR) is 148 cm³/mol. The zero-order valence-electron chi connectivity index (χ0n) is 22.0. The molecule has 0 saturated carbocycles. The minimum Gasteiger partial charge on any atom is -0.345 e. The van der Waals surface area contributed by atoms with Crippen LogP contribution in [0.2, 0.25) is 0 Å². The summed E-state index contributed by atoms with van der Waals surface area (Å²) >= 11 is 0. The summed E-state index contributed by atoms with van der Waals surface area (Å²) in [6.07, 6.45) is 7.09. The van der Waals surface area contributed by atoms with Gasteiger partial charge in [-0.3, -0.25) is 14.0 Å². The van der Waals surface area contributed by atoms with E-state index in [1.54, 1.807) is 15.5 Å². The van der Waals surface area contributed by atoms with E-state index >= 15 is 4.39 Å². The molecular weight excluding hydrogens is 511 g/mol. The Balaban J connectivity index is 1.27. The van der Waals surface area contributed by atoms with E-state index in [0.29, 0.717) is 64.6 Å². The Kier molecular flexibility index (Phi) is 6.00. The topological polar surface area (TPSA) is 101 Å². The van der Waals surface area contributed by atoms with Gasteiger partial charge in [-0.15, -0.1) is 0 Å². The molecule has 2 amide bonds. The number of aromatic nitrogens is 3. The monoisotopic (exact) mass is 540 g/mol. The highest BCUT2D eigenvalue weighted by Gasteiger charge is 2.36. The first-order chi connectivity index (χ1) is 19.5. The summed E-state index contributed by atoms with van der Waals surface area (Å²) in [5.41, 5.74) is 3.81. The number of carbonyl (C=O) groups excluding carboxylic acids is 3. The van der Waals surface area contributed by atoms with Crippen LogP contribution in [-0.2, 0) is 22.7 Å². The summed E-state index contributed by atoms with van der Waals surface area (Å²) in [5.74, 6) is -0.554. The van der Waals surface area contributed by atoms with E-state index in [0.717, 1.165) is 31.4 Å². The lowest BCUT2D eigenvalue weighted by molar-refractivity contribution is -0.119. The van der Waals surface area contributed by atoms with Crippen molar-refractivity contribution in [2.75, 3.05) is 26.2 Å². The van der Waals surface area contributed by atoms with Crippen LogP contribution >= 0.6 is 0 Å². The van der Waals surface area contributed by atoms with Crippen LogP contribution in [0.25, 0.3) is 27.7 Å². The van der Waals surface area contributed by atoms with Crippen molar-refractivity contribution in [1.29, 1.82) is 0 Å². The van der Waals surface area contributed by atoms with Crippen LogP contribution in [0.15, 0.2) is 48.9 Å². The molecule has 0 unspecified atom stereocenters. The SMILES string of the molecule is O=C1CC(=O)C(c2cnc3ccccn23)=C1c1cn2c3c(cc(F)cc13)CN(C(=O)NCC1CCNCC1)CC2. The van der Waals surface area contributed by atoms with Gasteiger partial charge >= 0.3 is 6.03 Å². The van der Waals surface area contributed by atoms with Gasteiger partial charge in [0.05, 0.1) is 29.4 Å². The van der Waals surface area contributed by atoms with Crippen molar-refractivity contribution in [2.45, 2.75) is 32.4 Å². The number of urea groups is 1. The van der Waals surface area contributed by atoms with Gasteiger partial charge in [0.25, 0.3) is 0 Å². The van der Waals surface area contributed by atoms with Crippen molar-refractivity contribution in [1.82, 2.24) is 29.5 Å².